The van der Waals surface area contributed by atoms with Gasteiger partial charge in [-0.25, -0.2) is 24.3 Å². The number of phenolic OH excluding ortho intramolecular Hbond substituents is 1. The summed E-state index contributed by atoms with van der Waals surface area (Å²) < 4.78 is 52.3. The van der Waals surface area contributed by atoms with Crippen molar-refractivity contribution in [3.8, 4) is 5.75 Å². The molecule has 0 aliphatic heterocycles. The van der Waals surface area contributed by atoms with Gasteiger partial charge in [-0.1, -0.05) is 90.5 Å². The average Bonchev–Trinajstić information content (AvgIpc) is 0.855. The van der Waals surface area contributed by atoms with Gasteiger partial charge in [-0.05, 0) is 209 Å². The normalized spacial score (nSPS) is 19.0. The van der Waals surface area contributed by atoms with Crippen molar-refractivity contribution in [2.75, 3.05) is 75.3 Å². The number of benzene rings is 5. The maximum atomic E-state index is 14.1. The molecule has 4 aliphatic carbocycles. The van der Waals surface area contributed by atoms with E-state index in [-0.39, 0.29) is 118 Å². The Bertz CT molecular complexity index is 4810. The standard InChI is InChI=1S/C22H26N6O2.C19H24ClFN6O2.C19H23F3N6O2S.C19H26N6O3/c23-18-10-8-15(9-11-18)12-24-21-20(28(29)30)14-26-22(27-21)25-13-17-6-3-5-16-4-1-2-7-19(16)17;1-11-2-7-15(21)14(17(11)20)9-24-19-25-10-16(27(28)29)18(26-19)23-8-12-3-5-13(22)6-4-12;20-19(21,22)31-16-4-2-1-3-13(16)10-25-18-26-11-15(28(29)30)17(27-18)24-9-12-5-7-14(23)8-6-12;20-15-5-1-14(2-6-15)11-22-18-17(25(27)28)12-23-19(24-18)21-10-9-13-3-7-16(26)8-4-13/h1-7,14-15,18H,8-13,23H2,(H2,24,25,26,27);2,7,10,12-13H,3-6,8-9,22H2,1H3,(H2,23,24,25,26);1-4,11-12,14H,5-10,23H2,(H2,24,25,26,27);3-4,7-8,12,14-15,26H,1-2,5-6,9-11,20H2,(H2,21,22,23,24). The van der Waals surface area contributed by atoms with Crippen LogP contribution in [0.4, 0.5) is 87.4 Å². The second-order valence-electron chi connectivity index (χ2n) is 29.7. The van der Waals surface area contributed by atoms with Crippen LogP contribution >= 0.6 is 23.4 Å². The van der Waals surface area contributed by atoms with Crippen molar-refractivity contribution in [2.24, 2.45) is 46.6 Å². The van der Waals surface area contributed by atoms with Crippen LogP contribution in [0.5, 0.6) is 5.75 Å². The highest BCUT2D eigenvalue weighted by molar-refractivity contribution is 8.00. The van der Waals surface area contributed by atoms with Gasteiger partial charge < -0.3 is 70.6 Å². The van der Waals surface area contributed by atoms with Crippen LogP contribution in [0.15, 0.2) is 133 Å². The van der Waals surface area contributed by atoms with Crippen LogP contribution in [0.25, 0.3) is 10.8 Å². The van der Waals surface area contributed by atoms with Gasteiger partial charge >= 0.3 is 28.3 Å². The Morgan fingerprint density at radius 1 is 0.458 bits per heavy atom. The fourth-order valence-corrected chi connectivity index (χ4v) is 15.0. The van der Waals surface area contributed by atoms with Gasteiger partial charge in [-0.15, -0.1) is 0 Å². The van der Waals surface area contributed by atoms with E-state index in [0.29, 0.717) is 97.4 Å². The predicted molar refractivity (Wildman–Crippen MR) is 449 cm³/mol. The molecule has 0 radical (unpaired) electrons. The number of thioether (sulfide) groups is 1. The zero-order valence-electron chi connectivity index (χ0n) is 65.1. The molecule has 0 unspecified atom stereocenters. The molecule has 630 valence electrons. The fraction of sp³-hybridized carbons (Fsp3) is 0.443. The van der Waals surface area contributed by atoms with Crippen molar-refractivity contribution >= 4 is 104 Å². The fourth-order valence-electron chi connectivity index (χ4n) is 14.1. The molecule has 0 saturated heterocycles. The molecular weight excluding hydrogens is 1570 g/mol. The largest absolute Gasteiger partial charge is 0.508 e. The van der Waals surface area contributed by atoms with Crippen molar-refractivity contribution in [3.05, 3.63) is 207 Å². The monoisotopic (exact) mass is 1670 g/mol. The Hall–Kier alpha value is -11.3. The molecule has 39 heteroatoms. The summed E-state index contributed by atoms with van der Waals surface area (Å²) >= 11 is 5.98. The van der Waals surface area contributed by atoms with E-state index < -0.39 is 31.0 Å². The molecule has 4 saturated carbocycles. The van der Waals surface area contributed by atoms with Crippen molar-refractivity contribution < 1.29 is 42.4 Å². The molecule has 0 amide bonds. The van der Waals surface area contributed by atoms with Gasteiger partial charge in [-0.3, -0.25) is 40.5 Å². The van der Waals surface area contributed by atoms with Crippen molar-refractivity contribution in [3.63, 3.8) is 0 Å². The van der Waals surface area contributed by atoms with Crippen molar-refractivity contribution in [1.82, 2.24) is 39.9 Å². The minimum atomic E-state index is -4.40. The van der Waals surface area contributed by atoms with Gasteiger partial charge in [0.2, 0.25) is 47.1 Å². The van der Waals surface area contributed by atoms with Gasteiger partial charge in [-0.2, -0.15) is 33.1 Å². The second kappa shape index (κ2) is 43.8. The van der Waals surface area contributed by atoms with Crippen LogP contribution in [0.1, 0.15) is 131 Å². The van der Waals surface area contributed by atoms with E-state index in [2.05, 4.69) is 101 Å². The van der Waals surface area contributed by atoms with Crippen LogP contribution in [0.3, 0.4) is 0 Å². The third kappa shape index (κ3) is 27.7. The highest BCUT2D eigenvalue weighted by Gasteiger charge is 2.32. The smallest absolute Gasteiger partial charge is 0.446 e. The minimum Gasteiger partial charge on any atom is -0.508 e. The molecule has 9 aromatic rings. The number of phenols is 1. The summed E-state index contributed by atoms with van der Waals surface area (Å²) in [6.07, 6.45) is 21.1. The molecule has 0 bridgehead atoms. The number of nitrogens with one attached hydrogen (secondary N) is 8. The summed E-state index contributed by atoms with van der Waals surface area (Å²) in [5, 5.41) is 81.7. The van der Waals surface area contributed by atoms with E-state index in [1.54, 1.807) is 37.3 Å². The summed E-state index contributed by atoms with van der Waals surface area (Å²) in [6, 6.07) is 31.3. The second-order valence-corrected chi connectivity index (χ2v) is 31.2. The van der Waals surface area contributed by atoms with Crippen molar-refractivity contribution in [1.29, 1.82) is 0 Å². The third-order valence-electron chi connectivity index (χ3n) is 21.1. The van der Waals surface area contributed by atoms with Crippen molar-refractivity contribution in [2.45, 2.75) is 170 Å². The Labute approximate surface area is 687 Å². The number of hydrogen-bond donors (Lipinski definition) is 13. The summed E-state index contributed by atoms with van der Waals surface area (Å²) in [6.45, 7) is 5.36. The topological polar surface area (TPSA) is 496 Å². The first-order chi connectivity index (χ1) is 56.7. The number of rotatable bonds is 30. The number of aromatic hydroxyl groups is 1. The number of halogens is 5. The molecule has 4 aromatic heterocycles. The molecule has 5 aromatic carbocycles. The zero-order chi connectivity index (χ0) is 84.3. The first-order valence-electron chi connectivity index (χ1n) is 39.2. The van der Waals surface area contributed by atoms with Gasteiger partial charge in [0, 0.05) is 87.0 Å². The maximum Gasteiger partial charge on any atom is 0.446 e. The van der Waals surface area contributed by atoms with Crippen LogP contribution in [-0.4, -0.2) is 127 Å². The number of nitro groups is 4. The Morgan fingerprint density at radius 2 is 0.814 bits per heavy atom. The van der Waals surface area contributed by atoms with E-state index in [1.165, 1.54) is 30.6 Å². The number of hydrogen-bond acceptors (Lipinski definition) is 30. The molecule has 33 nitrogen and oxygen atoms in total. The number of nitrogens with two attached hydrogens (primary N) is 4. The lowest BCUT2D eigenvalue weighted by molar-refractivity contribution is -0.384. The van der Waals surface area contributed by atoms with E-state index in [4.69, 9.17) is 34.5 Å². The molecule has 13 rings (SSSR count). The molecular formula is C79H99ClF4N24O9S. The zero-order valence-corrected chi connectivity index (χ0v) is 66.7. The van der Waals surface area contributed by atoms with E-state index in [9.17, 15) is 63.1 Å². The maximum absolute atomic E-state index is 14.1. The summed E-state index contributed by atoms with van der Waals surface area (Å²) in [5.41, 5.74) is 22.3. The molecule has 4 fully saturated rings. The number of alkyl halides is 3. The average molecular weight is 1670 g/mol. The van der Waals surface area contributed by atoms with E-state index in [0.717, 1.165) is 143 Å². The number of fused-ring (bicyclic) bond motifs is 1. The summed E-state index contributed by atoms with van der Waals surface area (Å²) in [7, 11) is 0. The predicted octanol–water partition coefficient (Wildman–Crippen LogP) is 15.3. The molecule has 4 heterocycles. The summed E-state index contributed by atoms with van der Waals surface area (Å²) in [5.74, 6) is 3.08. The Kier molecular flexibility index (Phi) is 33.0. The highest BCUT2D eigenvalue weighted by atomic mass is 35.5. The van der Waals surface area contributed by atoms with Crippen LogP contribution < -0.4 is 65.5 Å². The lowest BCUT2D eigenvalue weighted by Gasteiger charge is -2.26. The number of aryl methyl sites for hydroxylation is 1. The van der Waals surface area contributed by atoms with Crippen LogP contribution in [0.2, 0.25) is 5.02 Å². The highest BCUT2D eigenvalue weighted by Crippen LogP contribution is 2.40. The SMILES string of the molecule is Cc1ccc(F)c(CNc2ncc([N+](=O)[O-])c(NCC3CCC(N)CC3)n2)c1Cl.NC1CCC(CNc2nc(NCCc3ccc(O)cc3)ncc2[N+](=O)[O-])CC1.NC1CCC(CNc2nc(NCc3cccc4ccccc34)ncc2[N+](=O)[O-])CC1.NC1CCC(CNc2nc(NCc3ccccc3SC(F)(F)F)ncc2[N+](=O)[O-])CC1. The van der Waals surface area contributed by atoms with Gasteiger partial charge in [0.1, 0.15) is 36.4 Å². The minimum absolute atomic E-state index is 0.0387. The molecule has 4 aliphatic rings. The number of anilines is 8. The first-order valence-corrected chi connectivity index (χ1v) is 40.4. The quantitative estimate of drug-likeness (QED) is 0.00860. The molecule has 118 heavy (non-hydrogen) atoms. The Balaban J connectivity index is 0.000000166. The Morgan fingerprint density at radius 3 is 1.22 bits per heavy atom. The first kappa shape index (κ1) is 89.0. The molecule has 17 N–H and O–H groups in total. The lowest BCUT2D eigenvalue weighted by atomic mass is 9.86. The van der Waals surface area contributed by atoms with E-state index >= 15 is 0 Å². The van der Waals surface area contributed by atoms with Crippen LogP contribution in [-0.2, 0) is 26.1 Å². The summed E-state index contributed by atoms with van der Waals surface area (Å²) in [4.78, 5) is 76.6. The molecule has 0 atom stereocenters. The third-order valence-corrected chi connectivity index (χ3v) is 22.4. The lowest BCUT2D eigenvalue weighted by Crippen LogP contribution is -2.29. The number of nitrogens with zero attached hydrogens (tertiary/aromatic N) is 12. The van der Waals surface area contributed by atoms with Crippen LogP contribution in [0, 0.1) is 76.9 Å². The van der Waals surface area contributed by atoms with Gasteiger partial charge in [0.25, 0.3) is 0 Å². The number of aromatic nitrogens is 8. The van der Waals surface area contributed by atoms with Gasteiger partial charge in [0.15, 0.2) is 0 Å². The van der Waals surface area contributed by atoms with Gasteiger partial charge in [0.05, 0.1) is 24.7 Å². The van der Waals surface area contributed by atoms with E-state index in [1.807, 2.05) is 36.4 Å². The molecule has 0 spiro atoms.